The Morgan fingerprint density at radius 2 is 1.94 bits per heavy atom. The number of ether oxygens (including phenoxy) is 2. The molecule has 0 radical (unpaired) electrons. The Labute approximate surface area is 186 Å². The third-order valence-electron chi connectivity index (χ3n) is 6.58. The molecule has 2 saturated heterocycles. The molecule has 1 unspecified atom stereocenters. The van der Waals surface area contributed by atoms with E-state index < -0.39 is 0 Å². The van der Waals surface area contributed by atoms with E-state index in [1.54, 1.807) is 16.9 Å². The summed E-state index contributed by atoms with van der Waals surface area (Å²) in [6, 6.07) is 8.61. The fourth-order valence-electron chi connectivity index (χ4n) is 5.08. The monoisotopic (exact) mass is 434 g/mol. The molecule has 2 aromatic heterocycles. The van der Waals surface area contributed by atoms with Crippen molar-refractivity contribution in [2.75, 3.05) is 31.3 Å². The van der Waals surface area contributed by atoms with Gasteiger partial charge in [0.1, 0.15) is 18.1 Å². The highest BCUT2D eigenvalue weighted by atomic mass is 16.5. The average molecular weight is 435 g/mol. The van der Waals surface area contributed by atoms with Crippen molar-refractivity contribution in [1.82, 2.24) is 25.3 Å². The van der Waals surface area contributed by atoms with Crippen LogP contribution in [0.1, 0.15) is 12.8 Å². The van der Waals surface area contributed by atoms with Crippen LogP contribution in [0.3, 0.4) is 0 Å². The van der Waals surface area contributed by atoms with E-state index in [0.29, 0.717) is 36.0 Å². The van der Waals surface area contributed by atoms with E-state index in [1.807, 2.05) is 31.4 Å². The van der Waals surface area contributed by atoms with Gasteiger partial charge in [-0.15, -0.1) is 10.2 Å². The number of hydrogen-bond acceptors (Lipinski definition) is 8. The zero-order valence-electron chi connectivity index (χ0n) is 17.9. The molecule has 9 heteroatoms. The Morgan fingerprint density at radius 3 is 2.69 bits per heavy atom. The zero-order chi connectivity index (χ0) is 21.7. The summed E-state index contributed by atoms with van der Waals surface area (Å²) >= 11 is 0. The first-order chi connectivity index (χ1) is 15.6. The Hall–Kier alpha value is -3.17. The highest BCUT2D eigenvalue weighted by Gasteiger charge is 2.37. The Morgan fingerprint density at radius 1 is 1.09 bits per heavy atom. The van der Waals surface area contributed by atoms with Gasteiger partial charge in [-0.1, -0.05) is 6.07 Å². The maximum absolute atomic E-state index is 10.7. The van der Waals surface area contributed by atoms with Gasteiger partial charge in [-0.2, -0.15) is 5.10 Å². The topological polar surface area (TPSA) is 97.6 Å². The molecule has 166 valence electrons. The molecule has 2 bridgehead atoms. The molecule has 0 amide bonds. The molecule has 32 heavy (non-hydrogen) atoms. The van der Waals surface area contributed by atoms with E-state index in [9.17, 15) is 5.11 Å². The number of aromatic nitrogens is 4. The number of phenols is 1. The number of nitrogens with zero attached hydrogens (tertiary/aromatic N) is 5. The number of morpholine rings is 1. The minimum atomic E-state index is 0.152. The first-order valence-electron chi connectivity index (χ1n) is 11.1. The van der Waals surface area contributed by atoms with Crippen molar-refractivity contribution in [3.8, 4) is 33.9 Å². The van der Waals surface area contributed by atoms with E-state index in [4.69, 9.17) is 9.47 Å². The minimum absolute atomic E-state index is 0.152. The Bertz CT molecular complexity index is 1140. The lowest BCUT2D eigenvalue weighted by Crippen LogP contribution is -2.59. The number of rotatable bonds is 3. The van der Waals surface area contributed by atoms with Crippen molar-refractivity contribution >= 4 is 5.82 Å². The van der Waals surface area contributed by atoms with Gasteiger partial charge in [0.15, 0.2) is 11.6 Å². The summed E-state index contributed by atoms with van der Waals surface area (Å²) in [5.41, 5.74) is 3.06. The summed E-state index contributed by atoms with van der Waals surface area (Å²) in [6.45, 7) is 2.95. The second-order valence-electron chi connectivity index (χ2n) is 8.82. The van der Waals surface area contributed by atoms with Crippen LogP contribution < -0.4 is 15.0 Å². The first-order valence-corrected chi connectivity index (χ1v) is 11.1. The molecule has 3 aromatic rings. The van der Waals surface area contributed by atoms with Crippen molar-refractivity contribution in [1.29, 1.82) is 0 Å². The summed E-state index contributed by atoms with van der Waals surface area (Å²) in [6.07, 6.45) is 5.74. The van der Waals surface area contributed by atoms with Crippen LogP contribution in [0.15, 0.2) is 36.7 Å². The third kappa shape index (κ3) is 3.47. The molecule has 0 aliphatic carbocycles. The minimum Gasteiger partial charge on any atom is -0.507 e. The number of phenolic OH excluding ortho intramolecular Hbond substituents is 1. The van der Waals surface area contributed by atoms with Crippen molar-refractivity contribution in [2.45, 2.75) is 31.0 Å². The summed E-state index contributed by atoms with van der Waals surface area (Å²) in [7, 11) is 1.87. The molecular formula is C23H26N6O3. The number of anilines is 1. The predicted octanol–water partition coefficient (Wildman–Crippen LogP) is 1.97. The summed E-state index contributed by atoms with van der Waals surface area (Å²) in [4.78, 5) is 2.34. The highest BCUT2D eigenvalue weighted by Crippen LogP contribution is 2.38. The molecule has 3 atom stereocenters. The third-order valence-corrected chi connectivity index (χ3v) is 6.58. The van der Waals surface area contributed by atoms with Crippen LogP contribution in [0.4, 0.5) is 5.82 Å². The van der Waals surface area contributed by atoms with Crippen LogP contribution in [0.2, 0.25) is 0 Å². The predicted molar refractivity (Wildman–Crippen MR) is 119 cm³/mol. The van der Waals surface area contributed by atoms with Gasteiger partial charge in [-0.25, -0.2) is 0 Å². The zero-order valence-corrected chi connectivity index (χ0v) is 17.9. The molecule has 0 saturated carbocycles. The summed E-state index contributed by atoms with van der Waals surface area (Å²) < 4.78 is 13.4. The van der Waals surface area contributed by atoms with Crippen LogP contribution in [-0.4, -0.2) is 69.6 Å². The Kier molecular flexibility index (Phi) is 4.73. The molecule has 2 N–H and O–H groups in total. The summed E-state index contributed by atoms with van der Waals surface area (Å²) in [5, 5.41) is 27.5. The highest BCUT2D eigenvalue weighted by molar-refractivity contribution is 5.75. The number of fused-ring (bicyclic) bond motifs is 3. The number of aromatic hydroxyl groups is 1. The van der Waals surface area contributed by atoms with E-state index in [0.717, 1.165) is 55.3 Å². The average Bonchev–Trinajstić information content (AvgIpc) is 3.24. The number of piperidine rings is 1. The molecule has 0 spiro atoms. The molecule has 5 heterocycles. The lowest BCUT2D eigenvalue weighted by atomic mass is 9.91. The van der Waals surface area contributed by atoms with E-state index in [-0.39, 0.29) is 5.75 Å². The maximum atomic E-state index is 10.7. The van der Waals surface area contributed by atoms with E-state index >= 15 is 0 Å². The van der Waals surface area contributed by atoms with Crippen molar-refractivity contribution in [3.63, 3.8) is 0 Å². The van der Waals surface area contributed by atoms with Gasteiger partial charge in [-0.3, -0.25) is 4.68 Å². The van der Waals surface area contributed by atoms with Gasteiger partial charge >= 0.3 is 0 Å². The fourth-order valence-corrected chi connectivity index (χ4v) is 5.08. The van der Waals surface area contributed by atoms with Crippen LogP contribution in [0.5, 0.6) is 11.5 Å². The molecule has 9 nitrogen and oxygen atoms in total. The van der Waals surface area contributed by atoms with E-state index in [2.05, 4.69) is 25.5 Å². The van der Waals surface area contributed by atoms with Crippen LogP contribution >= 0.6 is 0 Å². The molecule has 3 aliphatic rings. The SMILES string of the molecule is Cn1cc(-c2ccc(-c3cc4c(nn3)N(C3C[C@H]5COC[C@@H](C3)N5)CCO4)c(O)c2)cn1. The quantitative estimate of drug-likeness (QED) is 0.646. The number of benzene rings is 1. The lowest BCUT2D eigenvalue weighted by molar-refractivity contribution is 0.0173. The fraction of sp³-hybridized carbons (Fsp3) is 0.435. The standard InChI is InChI=1S/C23H26N6O3/c1-28-11-15(10-24-28)14-2-3-19(21(30)6-14)20-9-22-23(27-26-20)29(4-5-32-22)18-7-16-12-31-13-17(8-18)25-16/h2-3,6,9-11,16-18,25,30H,4-5,7-8,12-13H2,1H3/t16-,17+,18?. The number of hydrogen-bond donors (Lipinski definition) is 2. The molecule has 2 fully saturated rings. The number of aryl methyl sites for hydroxylation is 1. The van der Waals surface area contributed by atoms with Crippen molar-refractivity contribution in [3.05, 3.63) is 36.7 Å². The second kappa shape index (κ2) is 7.75. The summed E-state index contributed by atoms with van der Waals surface area (Å²) in [5.74, 6) is 1.66. The van der Waals surface area contributed by atoms with Crippen LogP contribution in [-0.2, 0) is 11.8 Å². The smallest absolute Gasteiger partial charge is 0.194 e. The van der Waals surface area contributed by atoms with Crippen LogP contribution in [0.25, 0.3) is 22.4 Å². The number of nitrogens with one attached hydrogen (secondary N) is 1. The van der Waals surface area contributed by atoms with E-state index in [1.165, 1.54) is 0 Å². The van der Waals surface area contributed by atoms with Gasteiger partial charge in [-0.05, 0) is 30.5 Å². The molecule has 1 aromatic carbocycles. The van der Waals surface area contributed by atoms with Gasteiger partial charge in [0.05, 0.1) is 26.0 Å². The molecule has 6 rings (SSSR count). The van der Waals surface area contributed by atoms with Gasteiger partial charge in [0.2, 0.25) is 0 Å². The first kappa shape index (κ1) is 19.5. The van der Waals surface area contributed by atoms with Crippen LogP contribution in [0, 0.1) is 0 Å². The lowest BCUT2D eigenvalue weighted by Gasteiger charge is -2.45. The van der Waals surface area contributed by atoms with Crippen molar-refractivity contribution < 1.29 is 14.6 Å². The van der Waals surface area contributed by atoms with Gasteiger partial charge < -0.3 is 24.8 Å². The second-order valence-corrected chi connectivity index (χ2v) is 8.82. The van der Waals surface area contributed by atoms with Gasteiger partial charge in [0, 0.05) is 48.6 Å². The maximum Gasteiger partial charge on any atom is 0.194 e. The van der Waals surface area contributed by atoms with Gasteiger partial charge in [0.25, 0.3) is 0 Å². The largest absolute Gasteiger partial charge is 0.507 e. The Balaban J connectivity index is 1.28. The molecular weight excluding hydrogens is 408 g/mol. The normalized spacial score (nSPS) is 24.7. The molecule has 3 aliphatic heterocycles. The van der Waals surface area contributed by atoms with Crippen molar-refractivity contribution in [2.24, 2.45) is 7.05 Å².